The van der Waals surface area contributed by atoms with Crippen LogP contribution in [0.4, 0.5) is 0 Å². The van der Waals surface area contributed by atoms with Crippen molar-refractivity contribution in [2.24, 2.45) is 4.99 Å². The molecule has 2 aromatic rings. The Labute approximate surface area is 182 Å². The van der Waals surface area contributed by atoms with Gasteiger partial charge in [0.05, 0.1) is 12.5 Å². The van der Waals surface area contributed by atoms with Gasteiger partial charge in [0.1, 0.15) is 9.75 Å². The summed E-state index contributed by atoms with van der Waals surface area (Å²) in [4.78, 5) is 17.6. The molecule has 3 rings (SSSR count). The van der Waals surface area contributed by atoms with Crippen LogP contribution in [0.1, 0.15) is 17.0 Å². The molecule has 142 valence electrons. The molecule has 1 N–H and O–H groups in total. The lowest BCUT2D eigenvalue weighted by Gasteiger charge is -2.27. The molecule has 0 aliphatic carbocycles. The summed E-state index contributed by atoms with van der Waals surface area (Å²) < 4.78 is -0.841. The van der Waals surface area contributed by atoms with E-state index in [1.54, 1.807) is 11.8 Å². The van der Waals surface area contributed by atoms with Gasteiger partial charge in [-0.05, 0) is 11.1 Å². The second-order valence-corrected chi connectivity index (χ2v) is 10.6. The first kappa shape index (κ1) is 20.9. The van der Waals surface area contributed by atoms with Crippen LogP contribution in [0.5, 0.6) is 0 Å². The summed E-state index contributed by atoms with van der Waals surface area (Å²) in [7, 11) is 0. The minimum atomic E-state index is -1.66. The molecule has 1 atom stereocenters. The predicted octanol–water partition coefficient (Wildman–Crippen LogP) is 5.47. The Morgan fingerprint density at radius 3 is 2.04 bits per heavy atom. The van der Waals surface area contributed by atoms with Gasteiger partial charge in [0.15, 0.2) is 0 Å². The Hall–Kier alpha value is -0.850. The van der Waals surface area contributed by atoms with E-state index in [2.05, 4.69) is 10.3 Å². The Morgan fingerprint density at radius 2 is 1.59 bits per heavy atom. The monoisotopic (exact) mass is 458 g/mol. The lowest BCUT2D eigenvalue weighted by atomic mass is 9.90. The number of halogens is 3. The number of thioether (sulfide) groups is 2. The van der Waals surface area contributed by atoms with Crippen molar-refractivity contribution in [3.05, 3.63) is 71.8 Å². The number of benzene rings is 2. The minimum absolute atomic E-state index is 0.222. The summed E-state index contributed by atoms with van der Waals surface area (Å²) >= 11 is 21.3. The number of nitrogens with zero attached hydrogens (tertiary/aromatic N) is 1. The van der Waals surface area contributed by atoms with Gasteiger partial charge in [0.2, 0.25) is 9.70 Å². The number of amides is 1. The van der Waals surface area contributed by atoms with E-state index in [4.69, 9.17) is 34.8 Å². The topological polar surface area (TPSA) is 41.5 Å². The molecule has 0 saturated carbocycles. The zero-order chi connectivity index (χ0) is 19.3. The third kappa shape index (κ3) is 5.81. The van der Waals surface area contributed by atoms with E-state index in [0.717, 1.165) is 27.8 Å². The van der Waals surface area contributed by atoms with Gasteiger partial charge in [0, 0.05) is 5.75 Å². The normalized spacial score (nSPS) is 15.5. The number of aliphatic imine (C=N–C) groups is 1. The fraction of sp³-hybridized carbons (Fsp3) is 0.263. The van der Waals surface area contributed by atoms with Gasteiger partial charge in [-0.25, -0.2) is 0 Å². The molecule has 3 nitrogen and oxygen atoms in total. The van der Waals surface area contributed by atoms with Gasteiger partial charge in [0.25, 0.3) is 0 Å². The van der Waals surface area contributed by atoms with Crippen LogP contribution in [0, 0.1) is 0 Å². The lowest BCUT2D eigenvalue weighted by Crippen LogP contribution is -2.44. The average molecular weight is 460 g/mol. The van der Waals surface area contributed by atoms with Crippen LogP contribution < -0.4 is 5.32 Å². The smallest absolute Gasteiger partial charge is 0.233 e. The van der Waals surface area contributed by atoms with Crippen LogP contribution in [0.25, 0.3) is 0 Å². The number of hydrogen-bond acceptors (Lipinski definition) is 4. The van der Waals surface area contributed by atoms with E-state index in [1.807, 2.05) is 60.7 Å². The summed E-state index contributed by atoms with van der Waals surface area (Å²) in [5, 5.41) is 2.17. The Morgan fingerprint density at radius 1 is 1.04 bits per heavy atom. The van der Waals surface area contributed by atoms with Crippen LogP contribution in [-0.2, 0) is 4.79 Å². The molecule has 0 aromatic heterocycles. The zero-order valence-electron chi connectivity index (χ0n) is 14.1. The molecule has 0 bridgehead atoms. The molecule has 0 saturated heterocycles. The number of nitrogens with one attached hydrogen (secondary N) is 1. The largest absolute Gasteiger partial charge is 0.339 e. The van der Waals surface area contributed by atoms with Crippen LogP contribution in [0.2, 0.25) is 0 Å². The first-order valence-electron chi connectivity index (χ1n) is 8.26. The van der Waals surface area contributed by atoms with Crippen molar-refractivity contribution in [2.75, 3.05) is 12.3 Å². The predicted molar refractivity (Wildman–Crippen MR) is 119 cm³/mol. The maximum Gasteiger partial charge on any atom is 0.233 e. The summed E-state index contributed by atoms with van der Waals surface area (Å²) in [6.45, 7) is 0.740. The standard InChI is InChI=1S/C19H17Cl3N2OS2/c20-19(21,22)17(27-18-23-11-12-26-18)24-16(25)15(13-7-3-1-4-8-13)14-9-5-2-6-10-14/h1-10,15,17H,11-12H2,(H,24,25). The van der Waals surface area contributed by atoms with Gasteiger partial charge >= 0.3 is 0 Å². The van der Waals surface area contributed by atoms with E-state index >= 15 is 0 Å². The summed E-state index contributed by atoms with van der Waals surface area (Å²) in [6.07, 6.45) is 0. The van der Waals surface area contributed by atoms with Gasteiger partial charge in [-0.15, -0.1) is 0 Å². The molecule has 1 unspecified atom stereocenters. The highest BCUT2D eigenvalue weighted by molar-refractivity contribution is 8.39. The lowest BCUT2D eigenvalue weighted by molar-refractivity contribution is -0.121. The molecule has 0 fully saturated rings. The number of alkyl halides is 3. The molecule has 0 spiro atoms. The van der Waals surface area contributed by atoms with Gasteiger partial charge in [-0.3, -0.25) is 9.79 Å². The highest BCUT2D eigenvalue weighted by atomic mass is 35.6. The van der Waals surface area contributed by atoms with E-state index in [9.17, 15) is 4.79 Å². The molecule has 1 aliphatic rings. The van der Waals surface area contributed by atoms with Crippen molar-refractivity contribution in [3.63, 3.8) is 0 Å². The van der Waals surface area contributed by atoms with Crippen molar-refractivity contribution in [1.29, 1.82) is 0 Å². The van der Waals surface area contributed by atoms with Crippen molar-refractivity contribution in [2.45, 2.75) is 15.1 Å². The molecule has 1 aliphatic heterocycles. The van der Waals surface area contributed by atoms with Crippen LogP contribution in [-0.4, -0.2) is 31.7 Å². The summed E-state index contributed by atoms with van der Waals surface area (Å²) in [6, 6.07) is 19.1. The van der Waals surface area contributed by atoms with Gasteiger partial charge < -0.3 is 5.32 Å². The first-order chi connectivity index (χ1) is 12.9. The van der Waals surface area contributed by atoms with E-state index < -0.39 is 15.1 Å². The highest BCUT2D eigenvalue weighted by Gasteiger charge is 2.38. The Kier molecular flexibility index (Phi) is 7.40. The minimum Gasteiger partial charge on any atom is -0.339 e. The van der Waals surface area contributed by atoms with Crippen LogP contribution >= 0.6 is 58.3 Å². The molecular weight excluding hydrogens is 443 g/mol. The summed E-state index contributed by atoms with van der Waals surface area (Å²) in [5.74, 6) is 0.181. The van der Waals surface area contributed by atoms with Crippen molar-refractivity contribution in [1.82, 2.24) is 5.32 Å². The van der Waals surface area contributed by atoms with Crippen LogP contribution in [0.15, 0.2) is 65.7 Å². The number of carbonyl (C=O) groups is 1. The fourth-order valence-corrected chi connectivity index (χ4v) is 5.26. The molecular formula is C19H17Cl3N2OS2. The van der Waals surface area contributed by atoms with Crippen molar-refractivity contribution < 1.29 is 4.79 Å². The second kappa shape index (κ2) is 9.57. The SMILES string of the molecule is O=C(NC(SC1=NCCS1)C(Cl)(Cl)Cl)C(c1ccccc1)c1ccccc1. The maximum atomic E-state index is 13.2. The zero-order valence-corrected chi connectivity index (χ0v) is 18.0. The van der Waals surface area contributed by atoms with Crippen LogP contribution in [0.3, 0.4) is 0 Å². The third-order valence-corrected chi connectivity index (χ3v) is 7.36. The van der Waals surface area contributed by atoms with Gasteiger partial charge in [-0.2, -0.15) is 0 Å². The molecule has 0 radical (unpaired) electrons. The maximum absolute atomic E-state index is 13.2. The Bertz CT molecular complexity index is 758. The number of carbonyl (C=O) groups excluding carboxylic acids is 1. The fourth-order valence-electron chi connectivity index (χ4n) is 2.66. The molecule has 1 amide bonds. The first-order valence-corrected chi connectivity index (χ1v) is 11.3. The second-order valence-electron chi connectivity index (χ2n) is 5.80. The van der Waals surface area contributed by atoms with E-state index in [0.29, 0.717) is 0 Å². The number of hydrogen-bond donors (Lipinski definition) is 1. The molecule has 8 heteroatoms. The summed E-state index contributed by atoms with van der Waals surface area (Å²) in [5.41, 5.74) is 1.75. The molecule has 27 heavy (non-hydrogen) atoms. The quantitative estimate of drug-likeness (QED) is 0.476. The average Bonchev–Trinajstić information content (AvgIpc) is 3.16. The van der Waals surface area contributed by atoms with Crippen molar-refractivity contribution >= 4 is 68.6 Å². The third-order valence-electron chi connectivity index (χ3n) is 3.88. The highest BCUT2D eigenvalue weighted by Crippen LogP contribution is 2.40. The van der Waals surface area contributed by atoms with E-state index in [1.165, 1.54) is 11.8 Å². The molecule has 1 heterocycles. The van der Waals surface area contributed by atoms with E-state index in [-0.39, 0.29) is 5.91 Å². The van der Waals surface area contributed by atoms with Gasteiger partial charge in [-0.1, -0.05) is 119 Å². The Balaban J connectivity index is 1.86. The number of rotatable bonds is 5. The molecule has 2 aromatic carbocycles. The van der Waals surface area contributed by atoms with Crippen molar-refractivity contribution in [3.8, 4) is 0 Å².